The van der Waals surface area contributed by atoms with Crippen LogP contribution in [0.15, 0.2) is 24.3 Å². The molecule has 4 nitrogen and oxygen atoms in total. The van der Waals surface area contributed by atoms with Gasteiger partial charge in [0.25, 0.3) is 0 Å². The second kappa shape index (κ2) is 3.73. The number of aromatic nitrogens is 2. The quantitative estimate of drug-likeness (QED) is 0.828. The lowest BCUT2D eigenvalue weighted by molar-refractivity contribution is 0.0690. The molecule has 2 aromatic rings. The van der Waals surface area contributed by atoms with Crippen molar-refractivity contribution >= 4 is 5.97 Å². The van der Waals surface area contributed by atoms with Crippen molar-refractivity contribution in [1.82, 2.24) is 10.2 Å². The van der Waals surface area contributed by atoms with E-state index in [0.717, 1.165) is 18.4 Å². The van der Waals surface area contributed by atoms with E-state index in [2.05, 4.69) is 22.3 Å². The van der Waals surface area contributed by atoms with Crippen LogP contribution in [-0.4, -0.2) is 21.3 Å². The van der Waals surface area contributed by atoms with Gasteiger partial charge in [-0.2, -0.15) is 5.10 Å². The summed E-state index contributed by atoms with van der Waals surface area (Å²) in [6.07, 6.45) is 3.47. The first-order chi connectivity index (χ1) is 8.24. The first-order valence-electron chi connectivity index (χ1n) is 5.65. The third kappa shape index (κ3) is 1.71. The molecule has 4 heteroatoms. The molecule has 1 aromatic heterocycles. The number of H-pyrrole nitrogens is 1. The number of rotatable bonds is 2. The standard InChI is InChI=1S/C13H12N2O2/c16-13(17)12-7-11(14-15-12)10-5-4-8-2-1-3-9(8)6-10/h4-7H,1-3H2,(H,14,15)(H,16,17). The van der Waals surface area contributed by atoms with Crippen molar-refractivity contribution < 1.29 is 9.90 Å². The van der Waals surface area contributed by atoms with E-state index in [0.29, 0.717) is 5.69 Å². The number of hydrogen-bond acceptors (Lipinski definition) is 2. The van der Waals surface area contributed by atoms with Gasteiger partial charge in [-0.25, -0.2) is 4.79 Å². The Morgan fingerprint density at radius 3 is 2.82 bits per heavy atom. The van der Waals surface area contributed by atoms with Gasteiger partial charge >= 0.3 is 5.97 Å². The number of aromatic amines is 1. The van der Waals surface area contributed by atoms with Gasteiger partial charge in [0.05, 0.1) is 5.69 Å². The zero-order valence-corrected chi connectivity index (χ0v) is 9.23. The van der Waals surface area contributed by atoms with Gasteiger partial charge in [-0.15, -0.1) is 0 Å². The van der Waals surface area contributed by atoms with Crippen LogP contribution in [0.2, 0.25) is 0 Å². The number of fused-ring (bicyclic) bond motifs is 1. The SMILES string of the molecule is O=C(O)c1cc(-c2ccc3c(c2)CCC3)n[nH]1. The molecule has 1 aliphatic carbocycles. The summed E-state index contributed by atoms with van der Waals surface area (Å²) in [5.74, 6) is -0.982. The van der Waals surface area contributed by atoms with E-state index >= 15 is 0 Å². The van der Waals surface area contributed by atoms with Crippen LogP contribution in [0.5, 0.6) is 0 Å². The van der Waals surface area contributed by atoms with Crippen molar-refractivity contribution in [3.8, 4) is 11.3 Å². The molecule has 0 bridgehead atoms. The van der Waals surface area contributed by atoms with Crippen LogP contribution in [0, 0.1) is 0 Å². The highest BCUT2D eigenvalue weighted by molar-refractivity contribution is 5.86. The predicted molar refractivity (Wildman–Crippen MR) is 63.0 cm³/mol. The minimum absolute atomic E-state index is 0.125. The summed E-state index contributed by atoms with van der Waals surface area (Å²) in [4.78, 5) is 10.8. The van der Waals surface area contributed by atoms with E-state index in [9.17, 15) is 4.79 Å². The molecule has 86 valence electrons. The summed E-state index contributed by atoms with van der Waals surface area (Å²) in [6.45, 7) is 0. The maximum absolute atomic E-state index is 10.8. The first-order valence-corrected chi connectivity index (χ1v) is 5.65. The number of hydrogen-bond donors (Lipinski definition) is 2. The number of nitrogens with zero attached hydrogens (tertiary/aromatic N) is 1. The Kier molecular flexibility index (Phi) is 2.21. The van der Waals surface area contributed by atoms with Gasteiger partial charge in [0.1, 0.15) is 5.69 Å². The molecule has 17 heavy (non-hydrogen) atoms. The Balaban J connectivity index is 2.00. The van der Waals surface area contributed by atoms with Crippen LogP contribution in [0.1, 0.15) is 28.0 Å². The normalized spacial score (nSPS) is 13.6. The summed E-state index contributed by atoms with van der Waals surface area (Å²) < 4.78 is 0. The number of carbonyl (C=O) groups is 1. The molecule has 0 saturated heterocycles. The zero-order chi connectivity index (χ0) is 11.8. The van der Waals surface area contributed by atoms with E-state index in [1.807, 2.05) is 6.07 Å². The molecular formula is C13H12N2O2. The van der Waals surface area contributed by atoms with E-state index in [4.69, 9.17) is 5.11 Å². The second-order valence-corrected chi connectivity index (χ2v) is 4.31. The highest BCUT2D eigenvalue weighted by Gasteiger charge is 2.13. The summed E-state index contributed by atoms with van der Waals surface area (Å²) in [7, 11) is 0. The lowest BCUT2D eigenvalue weighted by atomic mass is 10.0. The number of aromatic carboxylic acids is 1. The maximum atomic E-state index is 10.8. The van der Waals surface area contributed by atoms with E-state index < -0.39 is 5.97 Å². The molecule has 0 unspecified atom stereocenters. The summed E-state index contributed by atoms with van der Waals surface area (Å²) in [5.41, 5.74) is 4.57. The van der Waals surface area contributed by atoms with E-state index in [-0.39, 0.29) is 5.69 Å². The molecular weight excluding hydrogens is 216 g/mol. The molecule has 0 amide bonds. The molecule has 1 aliphatic rings. The van der Waals surface area contributed by atoms with Gasteiger partial charge in [0.15, 0.2) is 0 Å². The second-order valence-electron chi connectivity index (χ2n) is 4.31. The predicted octanol–water partition coefficient (Wildman–Crippen LogP) is 2.26. The zero-order valence-electron chi connectivity index (χ0n) is 9.23. The molecule has 0 fully saturated rings. The summed E-state index contributed by atoms with van der Waals surface area (Å²) in [6, 6.07) is 7.81. The fourth-order valence-electron chi connectivity index (χ4n) is 2.31. The van der Waals surface area contributed by atoms with Crippen molar-refractivity contribution in [3.63, 3.8) is 0 Å². The Morgan fingerprint density at radius 2 is 2.06 bits per heavy atom. The lowest BCUT2D eigenvalue weighted by Gasteiger charge is -2.01. The Morgan fingerprint density at radius 1 is 1.24 bits per heavy atom. The highest BCUT2D eigenvalue weighted by atomic mass is 16.4. The van der Waals surface area contributed by atoms with Crippen LogP contribution in [-0.2, 0) is 12.8 Å². The molecule has 2 N–H and O–H groups in total. The molecule has 0 spiro atoms. The summed E-state index contributed by atoms with van der Waals surface area (Å²) in [5, 5.41) is 15.4. The number of nitrogens with one attached hydrogen (secondary N) is 1. The number of carboxylic acids is 1. The average Bonchev–Trinajstić information content (AvgIpc) is 2.97. The van der Waals surface area contributed by atoms with Gasteiger partial charge in [-0.05, 0) is 42.5 Å². The summed E-state index contributed by atoms with van der Waals surface area (Å²) >= 11 is 0. The smallest absolute Gasteiger partial charge is 0.353 e. The lowest BCUT2D eigenvalue weighted by Crippen LogP contribution is -1.95. The van der Waals surface area contributed by atoms with E-state index in [1.165, 1.54) is 17.5 Å². The molecule has 0 aliphatic heterocycles. The highest BCUT2D eigenvalue weighted by Crippen LogP contribution is 2.27. The third-order valence-corrected chi connectivity index (χ3v) is 3.20. The molecule has 3 rings (SSSR count). The van der Waals surface area contributed by atoms with Crippen LogP contribution in [0.25, 0.3) is 11.3 Å². The van der Waals surface area contributed by atoms with Gasteiger partial charge in [-0.1, -0.05) is 12.1 Å². The largest absolute Gasteiger partial charge is 0.477 e. The molecule has 0 radical (unpaired) electrons. The van der Waals surface area contributed by atoms with Crippen molar-refractivity contribution in [2.75, 3.05) is 0 Å². The van der Waals surface area contributed by atoms with Crippen molar-refractivity contribution in [2.45, 2.75) is 19.3 Å². The van der Waals surface area contributed by atoms with Crippen LogP contribution < -0.4 is 0 Å². The number of aryl methyl sites for hydroxylation is 2. The monoisotopic (exact) mass is 228 g/mol. The third-order valence-electron chi connectivity index (χ3n) is 3.20. The van der Waals surface area contributed by atoms with Crippen molar-refractivity contribution in [2.24, 2.45) is 0 Å². The Hall–Kier alpha value is -2.10. The molecule has 0 atom stereocenters. The Labute approximate surface area is 98.3 Å². The van der Waals surface area contributed by atoms with Crippen molar-refractivity contribution in [1.29, 1.82) is 0 Å². The fourth-order valence-corrected chi connectivity index (χ4v) is 2.31. The fraction of sp³-hybridized carbons (Fsp3) is 0.231. The molecule has 1 heterocycles. The van der Waals surface area contributed by atoms with Crippen LogP contribution in [0.4, 0.5) is 0 Å². The molecule has 1 aromatic carbocycles. The van der Waals surface area contributed by atoms with Gasteiger partial charge in [-0.3, -0.25) is 5.10 Å². The van der Waals surface area contributed by atoms with E-state index in [1.54, 1.807) is 6.07 Å². The maximum Gasteiger partial charge on any atom is 0.353 e. The topological polar surface area (TPSA) is 66.0 Å². The van der Waals surface area contributed by atoms with Gasteiger partial charge in [0, 0.05) is 5.56 Å². The van der Waals surface area contributed by atoms with Gasteiger partial charge in [0.2, 0.25) is 0 Å². The van der Waals surface area contributed by atoms with Crippen molar-refractivity contribution in [3.05, 3.63) is 41.1 Å². The average molecular weight is 228 g/mol. The van der Waals surface area contributed by atoms with Gasteiger partial charge < -0.3 is 5.11 Å². The Bertz CT molecular complexity index is 587. The number of benzene rings is 1. The van der Waals surface area contributed by atoms with Crippen LogP contribution >= 0.6 is 0 Å². The minimum Gasteiger partial charge on any atom is -0.477 e. The first kappa shape index (κ1) is 10.1. The molecule has 0 saturated carbocycles. The minimum atomic E-state index is -0.982. The number of carboxylic acid groups (broad SMARTS) is 1. The van der Waals surface area contributed by atoms with Crippen LogP contribution in [0.3, 0.4) is 0 Å².